The molecule has 0 aromatic rings. The quantitative estimate of drug-likeness (QED) is 0.354. The molecule has 1 aliphatic rings. The third-order valence-electron chi connectivity index (χ3n) is 4.23. The molecule has 0 amide bonds. The maximum Gasteiger partial charge on any atom is 0.0701 e. The molecule has 1 aliphatic heterocycles. The van der Waals surface area contributed by atoms with Crippen molar-refractivity contribution in [2.75, 3.05) is 79.5 Å². The molecule has 1 radical (unpaired) electrons. The van der Waals surface area contributed by atoms with Crippen LogP contribution in [0.5, 0.6) is 0 Å². The monoisotopic (exact) mass is 426 g/mol. The Morgan fingerprint density at radius 3 is 1.67 bits per heavy atom. The van der Waals surface area contributed by atoms with E-state index in [1.165, 1.54) is 19.3 Å². The first-order valence-corrected chi connectivity index (χ1v) is 10.5. The van der Waals surface area contributed by atoms with Crippen LogP contribution in [0.25, 0.3) is 5.32 Å². The third kappa shape index (κ3) is 19.4. The number of piperidine rings is 1. The van der Waals surface area contributed by atoms with E-state index in [-0.39, 0.29) is 18.6 Å². The summed E-state index contributed by atoms with van der Waals surface area (Å²) in [6, 6.07) is 0.570. The zero-order valence-electron chi connectivity index (χ0n) is 18.2. The number of likely N-dealkylation sites (tertiary alicyclic amines) is 1. The van der Waals surface area contributed by atoms with Gasteiger partial charge in [0.25, 0.3) is 0 Å². The Morgan fingerprint density at radius 2 is 1.22 bits per heavy atom. The minimum Gasteiger partial charge on any atom is -0.662 e. The molecule has 0 aliphatic carbocycles. The van der Waals surface area contributed by atoms with Crippen LogP contribution in [-0.2, 0) is 37.5 Å². The van der Waals surface area contributed by atoms with Crippen LogP contribution in [0, 0.1) is 0 Å². The topological polar surface area (TPSA) is 54.3 Å². The second kappa shape index (κ2) is 24.4. The van der Waals surface area contributed by atoms with Gasteiger partial charge in [0, 0.05) is 31.7 Å². The van der Waals surface area contributed by atoms with Crippen LogP contribution in [-0.4, -0.2) is 90.5 Å². The van der Waals surface area contributed by atoms with Crippen molar-refractivity contribution in [2.45, 2.75) is 52.5 Å². The van der Waals surface area contributed by atoms with E-state index in [0.29, 0.717) is 45.7 Å². The third-order valence-corrected chi connectivity index (χ3v) is 4.23. The molecule has 6 nitrogen and oxygen atoms in total. The molecule has 1 saturated heterocycles. The molecular formula is C20H43N2O4V-. The van der Waals surface area contributed by atoms with Crippen LogP contribution in [0.3, 0.4) is 0 Å². The van der Waals surface area contributed by atoms with Crippen LogP contribution < -0.4 is 0 Å². The number of unbranched alkanes of at least 4 members (excludes halogenated alkanes) is 1. The fourth-order valence-electron chi connectivity index (χ4n) is 2.60. The van der Waals surface area contributed by atoms with Gasteiger partial charge in [0.2, 0.25) is 0 Å². The van der Waals surface area contributed by atoms with E-state index in [1.807, 2.05) is 20.9 Å². The number of hydrogen-bond acceptors (Lipinski definition) is 5. The fourth-order valence-corrected chi connectivity index (χ4v) is 2.60. The second-order valence-electron chi connectivity index (χ2n) is 6.13. The molecule has 0 aromatic heterocycles. The summed E-state index contributed by atoms with van der Waals surface area (Å²) < 4.78 is 22.0. The van der Waals surface area contributed by atoms with Crippen LogP contribution in [0.1, 0.15) is 46.5 Å². The van der Waals surface area contributed by atoms with Crippen LogP contribution in [0.15, 0.2) is 0 Å². The van der Waals surface area contributed by atoms with Crippen molar-refractivity contribution < 1.29 is 37.5 Å². The molecular weight excluding hydrogens is 383 g/mol. The Balaban J connectivity index is 0. The van der Waals surface area contributed by atoms with Crippen molar-refractivity contribution in [3.05, 3.63) is 5.32 Å². The minimum absolute atomic E-state index is 0. The van der Waals surface area contributed by atoms with Crippen molar-refractivity contribution in [1.29, 1.82) is 0 Å². The first-order valence-electron chi connectivity index (χ1n) is 10.5. The van der Waals surface area contributed by atoms with E-state index in [0.717, 1.165) is 39.3 Å². The van der Waals surface area contributed by atoms with E-state index in [4.69, 9.17) is 18.9 Å². The zero-order chi connectivity index (χ0) is 19.3. The molecule has 0 spiro atoms. The van der Waals surface area contributed by atoms with Crippen LogP contribution in [0.4, 0.5) is 0 Å². The van der Waals surface area contributed by atoms with Gasteiger partial charge in [-0.2, -0.15) is 7.05 Å². The van der Waals surface area contributed by atoms with Crippen LogP contribution >= 0.6 is 0 Å². The zero-order valence-corrected chi connectivity index (χ0v) is 19.6. The number of rotatable bonds is 16. The SMILES string of the molecule is CC.CCCCOCCOCCOCCOCCN1CCC([N-]C)CC1.[V]. The van der Waals surface area contributed by atoms with Gasteiger partial charge in [-0.1, -0.05) is 40.0 Å². The normalized spacial score (nSPS) is 15.1. The largest absolute Gasteiger partial charge is 0.662 e. The van der Waals surface area contributed by atoms with Gasteiger partial charge in [-0.3, -0.25) is 0 Å². The van der Waals surface area contributed by atoms with Gasteiger partial charge in [0.1, 0.15) is 0 Å². The average molecular weight is 427 g/mol. The van der Waals surface area contributed by atoms with Crippen molar-refractivity contribution in [3.63, 3.8) is 0 Å². The van der Waals surface area contributed by atoms with E-state index in [1.54, 1.807) is 0 Å². The predicted molar refractivity (Wildman–Crippen MR) is 108 cm³/mol. The minimum atomic E-state index is 0. The second-order valence-corrected chi connectivity index (χ2v) is 6.13. The van der Waals surface area contributed by atoms with Gasteiger partial charge < -0.3 is 29.2 Å². The van der Waals surface area contributed by atoms with Crippen molar-refractivity contribution in [1.82, 2.24) is 4.90 Å². The summed E-state index contributed by atoms with van der Waals surface area (Å²) in [6.07, 6.45) is 4.66. The Bertz CT molecular complexity index is 268. The summed E-state index contributed by atoms with van der Waals surface area (Å²) in [7, 11) is 1.93. The van der Waals surface area contributed by atoms with E-state index in [2.05, 4.69) is 17.1 Å². The molecule has 1 rings (SSSR count). The molecule has 0 atom stereocenters. The van der Waals surface area contributed by atoms with Gasteiger partial charge in [-0.05, 0) is 19.5 Å². The summed E-state index contributed by atoms with van der Waals surface area (Å²) in [5.74, 6) is 0. The van der Waals surface area contributed by atoms with Gasteiger partial charge in [0.15, 0.2) is 0 Å². The fraction of sp³-hybridized carbons (Fsp3) is 1.00. The number of nitrogens with zero attached hydrogens (tertiary/aromatic N) is 2. The molecule has 1 fully saturated rings. The maximum atomic E-state index is 5.62. The van der Waals surface area contributed by atoms with E-state index in [9.17, 15) is 0 Å². The van der Waals surface area contributed by atoms with Crippen molar-refractivity contribution in [2.24, 2.45) is 0 Å². The van der Waals surface area contributed by atoms with Gasteiger partial charge >= 0.3 is 0 Å². The maximum absolute atomic E-state index is 5.62. The molecule has 7 heteroatoms. The first kappa shape index (κ1) is 29.5. The van der Waals surface area contributed by atoms with Crippen molar-refractivity contribution >= 4 is 0 Å². The molecule has 0 bridgehead atoms. The van der Waals surface area contributed by atoms with Gasteiger partial charge in [0.05, 0.1) is 46.2 Å². The molecule has 0 unspecified atom stereocenters. The molecule has 0 N–H and O–H groups in total. The summed E-state index contributed by atoms with van der Waals surface area (Å²) in [4.78, 5) is 2.46. The summed E-state index contributed by atoms with van der Waals surface area (Å²) >= 11 is 0. The number of ether oxygens (including phenoxy) is 4. The summed E-state index contributed by atoms with van der Waals surface area (Å²) in [5, 5.41) is 4.36. The molecule has 0 aromatic carbocycles. The Hall–Kier alpha value is 0.344. The van der Waals surface area contributed by atoms with E-state index >= 15 is 0 Å². The Morgan fingerprint density at radius 1 is 0.778 bits per heavy atom. The Labute approximate surface area is 179 Å². The van der Waals surface area contributed by atoms with Gasteiger partial charge in [-0.25, -0.2) is 0 Å². The molecule has 0 saturated carbocycles. The molecule has 163 valence electrons. The summed E-state index contributed by atoms with van der Waals surface area (Å²) in [5.41, 5.74) is 0. The first-order chi connectivity index (χ1) is 12.9. The average Bonchev–Trinajstić information content (AvgIpc) is 2.70. The van der Waals surface area contributed by atoms with Crippen LogP contribution in [0.2, 0.25) is 0 Å². The smallest absolute Gasteiger partial charge is 0.0701 e. The molecule has 1 heterocycles. The Kier molecular flexibility index (Phi) is 26.7. The standard InChI is InChI=1S/C18H37N2O4.C2H6.V/c1-3-4-10-21-12-14-23-16-17-24-15-13-22-11-9-20-7-5-18(19-2)6-8-20;1-2;/h18H,3-17H2,1-2H3;1-2H3;/q-1;;. The predicted octanol–water partition coefficient (Wildman–Crippen LogP) is 3.34. The molecule has 27 heavy (non-hydrogen) atoms. The van der Waals surface area contributed by atoms with Crippen molar-refractivity contribution in [3.8, 4) is 0 Å². The summed E-state index contributed by atoms with van der Waals surface area (Å²) in [6.45, 7) is 14.9. The van der Waals surface area contributed by atoms with E-state index < -0.39 is 0 Å². The van der Waals surface area contributed by atoms with Gasteiger partial charge in [-0.15, -0.1) is 6.04 Å². The number of hydrogen-bond donors (Lipinski definition) is 0.